The minimum Gasteiger partial charge on any atom is -0.466 e. The van der Waals surface area contributed by atoms with Crippen molar-refractivity contribution in [3.63, 3.8) is 0 Å². The van der Waals surface area contributed by atoms with Crippen molar-refractivity contribution in [2.75, 3.05) is 11.0 Å². The van der Waals surface area contributed by atoms with E-state index in [1.165, 1.54) is 0 Å². The lowest BCUT2D eigenvalue weighted by atomic mass is 10.2. The van der Waals surface area contributed by atoms with E-state index in [-0.39, 0.29) is 5.97 Å². The molecule has 0 fully saturated rings. The first-order valence-corrected chi connectivity index (χ1v) is 6.05. The number of hydrogen-bond donors (Lipinski definition) is 0. The number of rotatable bonds is 7. The molecule has 0 atom stereocenters. The summed E-state index contributed by atoms with van der Waals surface area (Å²) in [5.41, 5.74) is 0. The molecule has 0 aromatic heterocycles. The van der Waals surface area contributed by atoms with Crippen molar-refractivity contribution in [3.05, 3.63) is 0 Å². The lowest BCUT2D eigenvalue weighted by molar-refractivity contribution is -0.143. The van der Waals surface area contributed by atoms with E-state index < -0.39 is 0 Å². The molecule has 12 heavy (non-hydrogen) atoms. The molecule has 0 rings (SSSR count). The highest BCUT2D eigenvalue weighted by atomic mass is 127. The van der Waals surface area contributed by atoms with Crippen LogP contribution in [-0.2, 0) is 9.53 Å². The van der Waals surface area contributed by atoms with Gasteiger partial charge in [0.1, 0.15) is 0 Å². The lowest BCUT2D eigenvalue weighted by Gasteiger charge is -2.02. The zero-order chi connectivity index (χ0) is 9.23. The van der Waals surface area contributed by atoms with Crippen molar-refractivity contribution in [2.24, 2.45) is 0 Å². The molecule has 0 bridgehead atoms. The summed E-state index contributed by atoms with van der Waals surface area (Å²) in [5, 5.41) is 0. The third kappa shape index (κ3) is 8.30. The maximum absolute atomic E-state index is 11.0. The molecule has 72 valence electrons. The molecule has 3 heteroatoms. The lowest BCUT2D eigenvalue weighted by Crippen LogP contribution is -2.05. The maximum atomic E-state index is 11.0. The van der Waals surface area contributed by atoms with Crippen molar-refractivity contribution in [3.8, 4) is 0 Å². The summed E-state index contributed by atoms with van der Waals surface area (Å²) in [6.07, 6.45) is 4.74. The van der Waals surface area contributed by atoms with Gasteiger partial charge in [0, 0.05) is 6.42 Å². The molecule has 0 spiro atoms. The van der Waals surface area contributed by atoms with Gasteiger partial charge in [0.2, 0.25) is 0 Å². The molecular weight excluding hydrogens is 267 g/mol. The summed E-state index contributed by atoms with van der Waals surface area (Å²) in [4.78, 5) is 11.0. The molecule has 0 heterocycles. The Morgan fingerprint density at radius 3 is 2.67 bits per heavy atom. The second-order valence-electron chi connectivity index (χ2n) is 2.72. The van der Waals surface area contributed by atoms with Gasteiger partial charge in [-0.3, -0.25) is 4.79 Å². The Labute approximate surface area is 88.2 Å². The summed E-state index contributed by atoms with van der Waals surface area (Å²) < 4.78 is 6.11. The summed E-state index contributed by atoms with van der Waals surface area (Å²) in [6, 6.07) is 0. The van der Waals surface area contributed by atoms with Crippen LogP contribution in [0, 0.1) is 0 Å². The van der Waals surface area contributed by atoms with Gasteiger partial charge in [0.15, 0.2) is 0 Å². The van der Waals surface area contributed by atoms with Crippen LogP contribution in [0.3, 0.4) is 0 Å². The third-order valence-electron chi connectivity index (χ3n) is 1.53. The smallest absolute Gasteiger partial charge is 0.305 e. The Bertz CT molecular complexity index is 103. The van der Waals surface area contributed by atoms with Crippen LogP contribution >= 0.6 is 22.6 Å². The van der Waals surface area contributed by atoms with Crippen molar-refractivity contribution in [1.29, 1.82) is 0 Å². The molecule has 2 nitrogen and oxygen atoms in total. The number of unbranched alkanes of at least 4 members (excludes halogenated alkanes) is 2. The second kappa shape index (κ2) is 9.29. The van der Waals surface area contributed by atoms with Gasteiger partial charge >= 0.3 is 5.97 Å². The Balaban J connectivity index is 3.10. The SMILES string of the molecule is CCCCOC(=O)CCCCI. The zero-order valence-electron chi connectivity index (χ0n) is 7.64. The van der Waals surface area contributed by atoms with Crippen molar-refractivity contribution in [1.82, 2.24) is 0 Å². The topological polar surface area (TPSA) is 26.3 Å². The number of carbonyl (C=O) groups excluding carboxylic acids is 1. The normalized spacial score (nSPS) is 9.83. The first-order valence-electron chi connectivity index (χ1n) is 4.52. The number of carbonyl (C=O) groups is 1. The number of alkyl halides is 1. The fourth-order valence-electron chi connectivity index (χ4n) is 0.766. The van der Waals surface area contributed by atoms with E-state index >= 15 is 0 Å². The van der Waals surface area contributed by atoms with Gasteiger partial charge in [-0.15, -0.1) is 0 Å². The van der Waals surface area contributed by atoms with Gasteiger partial charge in [-0.2, -0.15) is 0 Å². The number of halogens is 1. The highest BCUT2D eigenvalue weighted by Gasteiger charge is 2.00. The molecule has 0 saturated heterocycles. The number of hydrogen-bond acceptors (Lipinski definition) is 2. The fourth-order valence-corrected chi connectivity index (χ4v) is 1.31. The molecule has 0 aliphatic heterocycles. The van der Waals surface area contributed by atoms with E-state index in [0.717, 1.165) is 30.1 Å². The highest BCUT2D eigenvalue weighted by Crippen LogP contribution is 2.01. The molecule has 0 N–H and O–H groups in total. The van der Waals surface area contributed by atoms with Crippen LogP contribution in [0.25, 0.3) is 0 Å². The first-order chi connectivity index (χ1) is 5.81. The van der Waals surface area contributed by atoms with Crippen LogP contribution in [0.2, 0.25) is 0 Å². The molecule has 0 aromatic carbocycles. The maximum Gasteiger partial charge on any atom is 0.305 e. The van der Waals surface area contributed by atoms with Gasteiger partial charge in [0.05, 0.1) is 6.61 Å². The van der Waals surface area contributed by atoms with E-state index in [1.807, 2.05) is 0 Å². The van der Waals surface area contributed by atoms with Gasteiger partial charge in [-0.05, 0) is 23.7 Å². The molecule has 0 aliphatic carbocycles. The van der Waals surface area contributed by atoms with E-state index in [2.05, 4.69) is 29.5 Å². The number of esters is 1. The van der Waals surface area contributed by atoms with Gasteiger partial charge in [0.25, 0.3) is 0 Å². The number of ether oxygens (including phenoxy) is 1. The summed E-state index contributed by atoms with van der Waals surface area (Å²) in [6.45, 7) is 2.68. The average molecular weight is 284 g/mol. The third-order valence-corrected chi connectivity index (χ3v) is 2.29. The average Bonchev–Trinajstić information content (AvgIpc) is 2.06. The van der Waals surface area contributed by atoms with E-state index in [9.17, 15) is 4.79 Å². The predicted octanol–water partition coefficient (Wildman–Crippen LogP) is 2.94. The van der Waals surface area contributed by atoms with Gasteiger partial charge in [-0.25, -0.2) is 0 Å². The van der Waals surface area contributed by atoms with Gasteiger partial charge in [-0.1, -0.05) is 35.9 Å². The minimum absolute atomic E-state index is 0.0340. The van der Waals surface area contributed by atoms with Crippen LogP contribution in [0.4, 0.5) is 0 Å². The zero-order valence-corrected chi connectivity index (χ0v) is 9.80. The van der Waals surface area contributed by atoms with Crippen molar-refractivity contribution < 1.29 is 9.53 Å². The predicted molar refractivity (Wildman–Crippen MR) is 58.6 cm³/mol. The van der Waals surface area contributed by atoms with Crippen LogP contribution in [0.15, 0.2) is 0 Å². The fraction of sp³-hybridized carbons (Fsp3) is 0.889. The van der Waals surface area contributed by atoms with Crippen LogP contribution < -0.4 is 0 Å². The van der Waals surface area contributed by atoms with Crippen LogP contribution in [-0.4, -0.2) is 17.0 Å². The Morgan fingerprint density at radius 1 is 1.33 bits per heavy atom. The summed E-state index contributed by atoms with van der Waals surface area (Å²) in [7, 11) is 0. The largest absolute Gasteiger partial charge is 0.466 e. The molecule has 0 amide bonds. The van der Waals surface area contributed by atoms with E-state index in [1.54, 1.807) is 0 Å². The summed E-state index contributed by atoms with van der Waals surface area (Å²) in [5.74, 6) is -0.0340. The van der Waals surface area contributed by atoms with Crippen molar-refractivity contribution in [2.45, 2.75) is 39.0 Å². The van der Waals surface area contributed by atoms with Gasteiger partial charge < -0.3 is 4.74 Å². The molecule has 0 unspecified atom stereocenters. The standard InChI is InChI=1S/C9H17IO2/c1-2-3-8-12-9(11)6-4-5-7-10/h2-8H2,1H3. The molecule has 0 aliphatic rings. The Morgan fingerprint density at radius 2 is 2.08 bits per heavy atom. The van der Waals surface area contributed by atoms with Crippen molar-refractivity contribution >= 4 is 28.6 Å². The van der Waals surface area contributed by atoms with Crippen LogP contribution in [0.5, 0.6) is 0 Å². The monoisotopic (exact) mass is 284 g/mol. The molecule has 0 saturated carbocycles. The first kappa shape index (κ1) is 12.2. The highest BCUT2D eigenvalue weighted by molar-refractivity contribution is 14.1. The molecule has 0 radical (unpaired) electrons. The van der Waals surface area contributed by atoms with E-state index in [0.29, 0.717) is 13.0 Å². The Hall–Kier alpha value is 0.200. The molecule has 0 aromatic rings. The molecular formula is C9H17IO2. The Kier molecular flexibility index (Phi) is 9.44. The minimum atomic E-state index is -0.0340. The quantitative estimate of drug-likeness (QED) is 0.311. The summed E-state index contributed by atoms with van der Waals surface area (Å²) >= 11 is 2.32. The van der Waals surface area contributed by atoms with Crippen LogP contribution in [0.1, 0.15) is 39.0 Å². The van der Waals surface area contributed by atoms with E-state index in [4.69, 9.17) is 4.74 Å². The second-order valence-corrected chi connectivity index (χ2v) is 3.80.